The van der Waals surface area contributed by atoms with Gasteiger partial charge in [0.1, 0.15) is 10.8 Å². The van der Waals surface area contributed by atoms with Gasteiger partial charge in [0.2, 0.25) is 0 Å². The summed E-state index contributed by atoms with van der Waals surface area (Å²) in [5.74, 6) is 0.613. The van der Waals surface area contributed by atoms with Gasteiger partial charge in [0, 0.05) is 17.7 Å². The van der Waals surface area contributed by atoms with Crippen molar-refractivity contribution < 1.29 is 8.42 Å². The molecule has 0 unspecified atom stereocenters. The summed E-state index contributed by atoms with van der Waals surface area (Å²) in [6.45, 7) is 1.88. The van der Waals surface area contributed by atoms with Crippen molar-refractivity contribution in [2.24, 2.45) is 5.73 Å². The third-order valence-corrected chi connectivity index (χ3v) is 4.16. The number of benzene rings is 1. The Bertz CT molecular complexity index is 737. The van der Waals surface area contributed by atoms with Gasteiger partial charge in [-0.2, -0.15) is 8.42 Å². The third-order valence-electron chi connectivity index (χ3n) is 2.63. The fourth-order valence-corrected chi connectivity index (χ4v) is 2.72. The number of H-pyrrole nitrogens is 1. The lowest BCUT2D eigenvalue weighted by Gasteiger charge is -2.07. The average molecular weight is 310 g/mol. The smallest absolute Gasteiger partial charge is 0.278 e. The lowest BCUT2D eigenvalue weighted by Crippen LogP contribution is -2.15. The Balaban J connectivity index is 2.28. The van der Waals surface area contributed by atoms with Crippen LogP contribution in [-0.2, 0) is 16.4 Å². The van der Waals surface area contributed by atoms with Crippen LogP contribution >= 0.6 is 12.2 Å². The lowest BCUT2D eigenvalue weighted by molar-refractivity contribution is 0.598. The summed E-state index contributed by atoms with van der Waals surface area (Å²) in [4.78, 5) is 6.93. The van der Waals surface area contributed by atoms with E-state index in [1.54, 1.807) is 24.3 Å². The van der Waals surface area contributed by atoms with Crippen LogP contribution in [0.1, 0.15) is 18.3 Å². The van der Waals surface area contributed by atoms with Crippen LogP contribution in [0.3, 0.4) is 0 Å². The van der Waals surface area contributed by atoms with Crippen LogP contribution in [0.25, 0.3) is 0 Å². The van der Waals surface area contributed by atoms with E-state index in [1.165, 1.54) is 6.20 Å². The number of hydrogen-bond acceptors (Lipinski definition) is 4. The van der Waals surface area contributed by atoms with E-state index < -0.39 is 10.0 Å². The number of rotatable bonds is 5. The van der Waals surface area contributed by atoms with Gasteiger partial charge in [-0.25, -0.2) is 4.98 Å². The molecule has 6 nitrogen and oxygen atoms in total. The first-order chi connectivity index (χ1) is 9.42. The minimum absolute atomic E-state index is 0.0232. The largest absolute Gasteiger partial charge is 0.389 e. The first kappa shape index (κ1) is 14.5. The molecule has 20 heavy (non-hydrogen) atoms. The molecule has 0 aliphatic heterocycles. The van der Waals surface area contributed by atoms with Crippen LogP contribution in [0.5, 0.6) is 0 Å². The minimum Gasteiger partial charge on any atom is -0.389 e. The van der Waals surface area contributed by atoms with Gasteiger partial charge in [-0.1, -0.05) is 31.3 Å². The standard InChI is InChI=1S/C12H14N4O2S2/c1-2-10-14-7-11(15-10)20(17,18)16-9-5-3-4-8(6-9)12(13)19/h3-7,16H,2H2,1H3,(H2,13,19)(H,14,15). The van der Waals surface area contributed by atoms with E-state index in [0.29, 0.717) is 23.5 Å². The van der Waals surface area contributed by atoms with Crippen molar-refractivity contribution in [1.29, 1.82) is 0 Å². The van der Waals surface area contributed by atoms with Gasteiger partial charge in [0.15, 0.2) is 5.03 Å². The zero-order chi connectivity index (χ0) is 14.8. The van der Waals surface area contributed by atoms with Crippen LogP contribution in [0, 0.1) is 0 Å². The highest BCUT2D eigenvalue weighted by Crippen LogP contribution is 2.16. The second-order valence-corrected chi connectivity index (χ2v) is 6.19. The molecule has 0 saturated carbocycles. The highest BCUT2D eigenvalue weighted by Gasteiger charge is 2.17. The summed E-state index contributed by atoms with van der Waals surface area (Å²) in [7, 11) is -3.70. The van der Waals surface area contributed by atoms with Crippen molar-refractivity contribution in [3.8, 4) is 0 Å². The number of aromatic nitrogens is 2. The van der Waals surface area contributed by atoms with E-state index >= 15 is 0 Å². The molecule has 106 valence electrons. The number of anilines is 1. The predicted molar refractivity (Wildman–Crippen MR) is 81.1 cm³/mol. The molecule has 0 saturated heterocycles. The summed E-state index contributed by atoms with van der Waals surface area (Å²) in [6.07, 6.45) is 1.92. The maximum Gasteiger partial charge on any atom is 0.278 e. The van der Waals surface area contributed by atoms with Gasteiger partial charge in [0.05, 0.1) is 6.20 Å². The van der Waals surface area contributed by atoms with Crippen molar-refractivity contribution in [3.63, 3.8) is 0 Å². The predicted octanol–water partition coefficient (Wildman–Crippen LogP) is 1.41. The quantitative estimate of drug-likeness (QED) is 0.725. The molecule has 2 rings (SSSR count). The molecule has 1 heterocycles. The molecule has 0 atom stereocenters. The lowest BCUT2D eigenvalue weighted by atomic mass is 10.2. The average Bonchev–Trinajstić information content (AvgIpc) is 2.88. The Labute approximate surface area is 122 Å². The maximum atomic E-state index is 12.2. The molecule has 0 aliphatic rings. The number of imidazole rings is 1. The Kier molecular flexibility index (Phi) is 4.05. The number of nitrogens with one attached hydrogen (secondary N) is 2. The van der Waals surface area contributed by atoms with Gasteiger partial charge in [0.25, 0.3) is 10.0 Å². The van der Waals surface area contributed by atoms with Crippen molar-refractivity contribution >= 4 is 32.9 Å². The Hall–Kier alpha value is -1.93. The van der Waals surface area contributed by atoms with Crippen molar-refractivity contribution in [3.05, 3.63) is 41.9 Å². The summed E-state index contributed by atoms with van der Waals surface area (Å²) in [6, 6.07) is 6.59. The first-order valence-corrected chi connectivity index (χ1v) is 7.78. The number of nitrogens with zero attached hydrogens (tertiary/aromatic N) is 1. The Morgan fingerprint density at radius 3 is 2.85 bits per heavy atom. The molecule has 8 heteroatoms. The molecule has 0 fully saturated rings. The van der Waals surface area contributed by atoms with E-state index in [4.69, 9.17) is 18.0 Å². The summed E-state index contributed by atoms with van der Waals surface area (Å²) in [5.41, 5.74) is 6.50. The zero-order valence-electron chi connectivity index (χ0n) is 10.8. The maximum absolute atomic E-state index is 12.2. The molecule has 0 amide bonds. The molecule has 4 N–H and O–H groups in total. The molecule has 0 aliphatic carbocycles. The van der Waals surface area contributed by atoms with Gasteiger partial charge in [-0.15, -0.1) is 0 Å². The van der Waals surface area contributed by atoms with Crippen molar-refractivity contribution in [2.75, 3.05) is 4.72 Å². The topological polar surface area (TPSA) is 101 Å². The molecular weight excluding hydrogens is 296 g/mol. The number of nitrogens with two attached hydrogens (primary N) is 1. The summed E-state index contributed by atoms with van der Waals surface area (Å²) >= 11 is 4.86. The minimum atomic E-state index is -3.70. The first-order valence-electron chi connectivity index (χ1n) is 5.89. The SMILES string of the molecule is CCc1ncc(S(=O)(=O)Nc2cccc(C(N)=S)c2)[nH]1. The molecular formula is C12H14N4O2S2. The number of aryl methyl sites for hydroxylation is 1. The van der Waals surface area contributed by atoms with Crippen LogP contribution in [0.2, 0.25) is 0 Å². The number of sulfonamides is 1. The monoisotopic (exact) mass is 310 g/mol. The Morgan fingerprint density at radius 1 is 1.50 bits per heavy atom. The fraction of sp³-hybridized carbons (Fsp3) is 0.167. The second-order valence-electron chi connectivity index (χ2n) is 4.10. The van der Waals surface area contributed by atoms with E-state index in [0.717, 1.165) is 0 Å². The highest BCUT2D eigenvalue weighted by atomic mass is 32.2. The number of thiocarbonyl (C=S) groups is 1. The van der Waals surface area contributed by atoms with Crippen LogP contribution < -0.4 is 10.5 Å². The molecule has 1 aromatic carbocycles. The van der Waals surface area contributed by atoms with Gasteiger partial charge in [-0.3, -0.25) is 4.72 Å². The second kappa shape index (κ2) is 5.59. The number of hydrogen-bond donors (Lipinski definition) is 3. The molecule has 0 bridgehead atoms. The molecule has 1 aromatic heterocycles. The fourth-order valence-electron chi connectivity index (χ4n) is 1.61. The molecule has 0 radical (unpaired) electrons. The van der Waals surface area contributed by atoms with E-state index in [2.05, 4.69) is 14.7 Å². The Morgan fingerprint density at radius 2 is 2.25 bits per heavy atom. The van der Waals surface area contributed by atoms with Gasteiger partial charge < -0.3 is 10.7 Å². The van der Waals surface area contributed by atoms with Crippen molar-refractivity contribution in [1.82, 2.24) is 9.97 Å². The molecule has 2 aromatic rings. The zero-order valence-corrected chi connectivity index (χ0v) is 12.4. The summed E-state index contributed by atoms with van der Waals surface area (Å²) < 4.78 is 26.8. The van der Waals surface area contributed by atoms with Crippen LogP contribution in [-0.4, -0.2) is 23.4 Å². The van der Waals surface area contributed by atoms with Crippen molar-refractivity contribution in [2.45, 2.75) is 18.4 Å². The summed E-state index contributed by atoms with van der Waals surface area (Å²) in [5, 5.41) is 0.0232. The van der Waals surface area contributed by atoms with E-state index in [9.17, 15) is 8.42 Å². The van der Waals surface area contributed by atoms with Crippen LogP contribution in [0.4, 0.5) is 5.69 Å². The number of aromatic amines is 1. The highest BCUT2D eigenvalue weighted by molar-refractivity contribution is 7.92. The van der Waals surface area contributed by atoms with Gasteiger partial charge in [-0.05, 0) is 12.1 Å². The third kappa shape index (κ3) is 3.14. The van der Waals surface area contributed by atoms with E-state index in [1.807, 2.05) is 6.92 Å². The van der Waals surface area contributed by atoms with Gasteiger partial charge >= 0.3 is 0 Å². The van der Waals surface area contributed by atoms with Crippen LogP contribution in [0.15, 0.2) is 35.5 Å². The normalized spacial score (nSPS) is 11.2. The van der Waals surface area contributed by atoms with E-state index in [-0.39, 0.29) is 10.0 Å². The molecule has 0 spiro atoms.